The van der Waals surface area contributed by atoms with Crippen molar-refractivity contribution in [3.8, 4) is 0 Å². The van der Waals surface area contributed by atoms with E-state index in [1.165, 1.54) is 4.68 Å². The molecular weight excluding hydrogens is 248 g/mol. The van der Waals surface area contributed by atoms with Crippen LogP contribution in [0.15, 0.2) is 28.9 Å². The third-order valence-electron chi connectivity index (χ3n) is 1.89. The van der Waals surface area contributed by atoms with Gasteiger partial charge in [-0.2, -0.15) is 5.10 Å². The molecule has 14 heavy (non-hydrogen) atoms. The summed E-state index contributed by atoms with van der Waals surface area (Å²) in [6.07, 6.45) is 1.66. The molecule has 0 aliphatic carbocycles. The lowest BCUT2D eigenvalue weighted by atomic mass is 10.2. The molecule has 0 saturated carbocycles. The SMILES string of the molecule is O=C(O)Cn1ncc2cc(Br)ccc21. The van der Waals surface area contributed by atoms with Gasteiger partial charge in [0.15, 0.2) is 0 Å². The maximum atomic E-state index is 10.5. The first-order valence-corrected chi connectivity index (χ1v) is 4.79. The zero-order valence-electron chi connectivity index (χ0n) is 7.14. The molecule has 0 atom stereocenters. The lowest BCUT2D eigenvalue weighted by Gasteiger charge is -1.98. The Kier molecular flexibility index (Phi) is 2.25. The van der Waals surface area contributed by atoms with E-state index in [2.05, 4.69) is 21.0 Å². The highest BCUT2D eigenvalue weighted by Crippen LogP contribution is 2.19. The first-order chi connectivity index (χ1) is 6.66. The van der Waals surface area contributed by atoms with E-state index in [-0.39, 0.29) is 6.54 Å². The lowest BCUT2D eigenvalue weighted by Crippen LogP contribution is -2.09. The molecule has 1 N–H and O–H groups in total. The van der Waals surface area contributed by atoms with Crippen LogP contribution >= 0.6 is 15.9 Å². The van der Waals surface area contributed by atoms with Gasteiger partial charge in [-0.3, -0.25) is 9.48 Å². The second-order valence-electron chi connectivity index (χ2n) is 2.90. The third-order valence-corrected chi connectivity index (χ3v) is 2.38. The minimum Gasteiger partial charge on any atom is -0.480 e. The molecule has 1 aromatic heterocycles. The van der Waals surface area contributed by atoms with Gasteiger partial charge in [-0.25, -0.2) is 0 Å². The molecule has 2 rings (SSSR count). The fraction of sp³-hybridized carbons (Fsp3) is 0.111. The molecule has 0 bridgehead atoms. The summed E-state index contributed by atoms with van der Waals surface area (Å²) in [7, 11) is 0. The number of aromatic nitrogens is 2. The maximum absolute atomic E-state index is 10.5. The van der Waals surface area contributed by atoms with Crippen molar-refractivity contribution in [2.24, 2.45) is 0 Å². The van der Waals surface area contributed by atoms with Crippen molar-refractivity contribution < 1.29 is 9.90 Å². The standard InChI is InChI=1S/C9H7BrN2O2/c10-7-1-2-8-6(3-7)4-11-12(8)5-9(13)14/h1-4H,5H2,(H,13,14). The number of hydrogen-bond acceptors (Lipinski definition) is 2. The van der Waals surface area contributed by atoms with Crippen molar-refractivity contribution in [3.63, 3.8) is 0 Å². The van der Waals surface area contributed by atoms with Gasteiger partial charge >= 0.3 is 5.97 Å². The Hall–Kier alpha value is -1.36. The zero-order chi connectivity index (χ0) is 10.1. The number of carboxylic acid groups (broad SMARTS) is 1. The molecule has 0 fully saturated rings. The largest absolute Gasteiger partial charge is 0.480 e. The summed E-state index contributed by atoms with van der Waals surface area (Å²) in [5.74, 6) is -0.891. The first kappa shape index (κ1) is 9.21. The van der Waals surface area contributed by atoms with Crippen LogP contribution in [0.1, 0.15) is 0 Å². The van der Waals surface area contributed by atoms with Crippen LogP contribution in [0.4, 0.5) is 0 Å². The molecule has 2 aromatic rings. The second-order valence-corrected chi connectivity index (χ2v) is 3.81. The number of hydrogen-bond donors (Lipinski definition) is 1. The van der Waals surface area contributed by atoms with Crippen molar-refractivity contribution in [3.05, 3.63) is 28.9 Å². The van der Waals surface area contributed by atoms with E-state index in [0.717, 1.165) is 15.4 Å². The number of rotatable bonds is 2. The molecule has 0 aliphatic rings. The Morgan fingerprint density at radius 3 is 3.07 bits per heavy atom. The highest BCUT2D eigenvalue weighted by atomic mass is 79.9. The number of carbonyl (C=O) groups is 1. The summed E-state index contributed by atoms with van der Waals surface area (Å²) in [5, 5.41) is 13.6. The van der Waals surface area contributed by atoms with Crippen molar-refractivity contribution in [1.29, 1.82) is 0 Å². The minimum atomic E-state index is -0.891. The molecule has 1 aromatic carbocycles. The van der Waals surface area contributed by atoms with Gasteiger partial charge in [0, 0.05) is 9.86 Å². The van der Waals surface area contributed by atoms with Gasteiger partial charge in [0.1, 0.15) is 6.54 Å². The lowest BCUT2D eigenvalue weighted by molar-refractivity contribution is -0.137. The van der Waals surface area contributed by atoms with Crippen molar-refractivity contribution in [2.45, 2.75) is 6.54 Å². The topological polar surface area (TPSA) is 55.1 Å². The molecule has 0 spiro atoms. The van der Waals surface area contributed by atoms with Gasteiger partial charge < -0.3 is 5.11 Å². The van der Waals surface area contributed by atoms with Crippen LogP contribution in [0.25, 0.3) is 10.9 Å². The van der Waals surface area contributed by atoms with Gasteiger partial charge in [-0.05, 0) is 18.2 Å². The monoisotopic (exact) mass is 254 g/mol. The van der Waals surface area contributed by atoms with Crippen LogP contribution in [-0.4, -0.2) is 20.9 Å². The summed E-state index contributed by atoms with van der Waals surface area (Å²) in [6.45, 7) is -0.106. The van der Waals surface area contributed by atoms with E-state index in [0.29, 0.717) is 0 Å². The Morgan fingerprint density at radius 2 is 2.36 bits per heavy atom. The molecule has 0 radical (unpaired) electrons. The van der Waals surface area contributed by atoms with Crippen LogP contribution in [-0.2, 0) is 11.3 Å². The van der Waals surface area contributed by atoms with Crippen LogP contribution in [0.3, 0.4) is 0 Å². The minimum absolute atomic E-state index is 0.106. The Morgan fingerprint density at radius 1 is 1.57 bits per heavy atom. The summed E-state index contributed by atoms with van der Waals surface area (Å²) in [5.41, 5.74) is 0.829. The van der Waals surface area contributed by atoms with Gasteiger partial charge in [0.05, 0.1) is 11.7 Å². The Bertz CT molecular complexity index is 493. The Balaban J connectivity index is 2.52. The normalized spacial score (nSPS) is 10.6. The molecule has 0 saturated heterocycles. The molecular formula is C9H7BrN2O2. The average Bonchev–Trinajstić information content (AvgIpc) is 2.47. The van der Waals surface area contributed by atoms with Crippen molar-refractivity contribution in [2.75, 3.05) is 0 Å². The molecule has 72 valence electrons. The number of carboxylic acids is 1. The van der Waals surface area contributed by atoms with E-state index in [4.69, 9.17) is 5.11 Å². The van der Waals surface area contributed by atoms with Crippen LogP contribution in [0.2, 0.25) is 0 Å². The van der Waals surface area contributed by atoms with Crippen molar-refractivity contribution >= 4 is 32.8 Å². The zero-order valence-corrected chi connectivity index (χ0v) is 8.73. The maximum Gasteiger partial charge on any atom is 0.325 e. The molecule has 1 heterocycles. The van der Waals surface area contributed by atoms with Gasteiger partial charge in [-0.1, -0.05) is 15.9 Å². The van der Waals surface area contributed by atoms with Gasteiger partial charge in [0.2, 0.25) is 0 Å². The third kappa shape index (κ3) is 1.63. The van der Waals surface area contributed by atoms with Crippen LogP contribution in [0.5, 0.6) is 0 Å². The number of fused-ring (bicyclic) bond motifs is 1. The van der Waals surface area contributed by atoms with Crippen molar-refractivity contribution in [1.82, 2.24) is 9.78 Å². The molecule has 5 heteroatoms. The summed E-state index contributed by atoms with van der Waals surface area (Å²) in [6, 6.07) is 5.61. The van der Waals surface area contributed by atoms with Crippen LogP contribution < -0.4 is 0 Å². The van der Waals surface area contributed by atoms with Gasteiger partial charge in [-0.15, -0.1) is 0 Å². The van der Waals surface area contributed by atoms with Crippen LogP contribution in [0, 0.1) is 0 Å². The summed E-state index contributed by atoms with van der Waals surface area (Å²) in [4.78, 5) is 10.5. The molecule has 0 amide bonds. The predicted octanol–water partition coefficient (Wildman–Crippen LogP) is 1.88. The average molecular weight is 255 g/mol. The smallest absolute Gasteiger partial charge is 0.325 e. The fourth-order valence-corrected chi connectivity index (χ4v) is 1.69. The van der Waals surface area contributed by atoms with E-state index < -0.39 is 5.97 Å². The summed E-state index contributed by atoms with van der Waals surface area (Å²) >= 11 is 3.34. The number of benzene rings is 1. The van der Waals surface area contributed by atoms with E-state index in [1.807, 2.05) is 18.2 Å². The number of aliphatic carboxylic acids is 1. The van der Waals surface area contributed by atoms with Gasteiger partial charge in [0.25, 0.3) is 0 Å². The second kappa shape index (κ2) is 3.42. The molecule has 0 aliphatic heterocycles. The van der Waals surface area contributed by atoms with E-state index >= 15 is 0 Å². The van der Waals surface area contributed by atoms with E-state index in [1.54, 1.807) is 6.20 Å². The highest BCUT2D eigenvalue weighted by molar-refractivity contribution is 9.10. The first-order valence-electron chi connectivity index (χ1n) is 4.00. The highest BCUT2D eigenvalue weighted by Gasteiger charge is 2.05. The van der Waals surface area contributed by atoms with E-state index in [9.17, 15) is 4.79 Å². The number of nitrogens with zero attached hydrogens (tertiary/aromatic N) is 2. The Labute approximate surface area is 88.3 Å². The summed E-state index contributed by atoms with van der Waals surface area (Å²) < 4.78 is 2.42. The molecule has 4 nitrogen and oxygen atoms in total. The predicted molar refractivity (Wildman–Crippen MR) is 55.1 cm³/mol. The molecule has 0 unspecified atom stereocenters. The number of halogens is 1. The fourth-order valence-electron chi connectivity index (χ4n) is 1.31. The quantitative estimate of drug-likeness (QED) is 0.891.